The number of carbonyl (C=O) groups is 2. The number of ether oxygens (including phenoxy) is 2. The first-order chi connectivity index (χ1) is 13.6. The molecule has 0 unspecified atom stereocenters. The number of hydrogen-bond donors (Lipinski definition) is 2. The topological polar surface area (TPSA) is 76.7 Å². The molecule has 6 heteroatoms. The van der Waals surface area contributed by atoms with E-state index in [1.165, 1.54) is 0 Å². The Morgan fingerprint density at radius 2 is 1.64 bits per heavy atom. The number of benzene rings is 2. The molecule has 2 aromatic rings. The molecule has 0 atom stereocenters. The van der Waals surface area contributed by atoms with Crippen LogP contribution in [0.3, 0.4) is 0 Å². The summed E-state index contributed by atoms with van der Waals surface area (Å²) in [5.74, 6) is 0.786. The van der Waals surface area contributed by atoms with E-state index in [0.717, 1.165) is 44.3 Å². The number of anilines is 2. The molecule has 3 aliphatic rings. The first-order valence-corrected chi connectivity index (χ1v) is 9.85. The number of carbonyl (C=O) groups excluding carboxylic acids is 2. The predicted octanol–water partition coefficient (Wildman–Crippen LogP) is 4.33. The zero-order valence-corrected chi connectivity index (χ0v) is 15.5. The summed E-state index contributed by atoms with van der Waals surface area (Å²) in [5.41, 5.74) is 1.77. The number of nitrogens with one attached hydrogen (secondary N) is 2. The zero-order valence-electron chi connectivity index (χ0n) is 15.5. The van der Waals surface area contributed by atoms with E-state index in [4.69, 9.17) is 9.47 Å². The summed E-state index contributed by atoms with van der Waals surface area (Å²) < 4.78 is 12.1. The second-order valence-electron chi connectivity index (χ2n) is 7.78. The van der Waals surface area contributed by atoms with Crippen molar-refractivity contribution in [3.63, 3.8) is 0 Å². The van der Waals surface area contributed by atoms with Gasteiger partial charge < -0.3 is 20.1 Å². The molecule has 0 bridgehead atoms. The molecule has 0 saturated heterocycles. The second kappa shape index (κ2) is 6.55. The van der Waals surface area contributed by atoms with E-state index in [9.17, 15) is 9.59 Å². The lowest BCUT2D eigenvalue weighted by Gasteiger charge is -2.21. The van der Waals surface area contributed by atoms with Crippen molar-refractivity contribution in [2.45, 2.75) is 44.3 Å². The molecule has 28 heavy (non-hydrogen) atoms. The van der Waals surface area contributed by atoms with Gasteiger partial charge in [-0.1, -0.05) is 6.07 Å². The molecule has 2 aliphatic carbocycles. The van der Waals surface area contributed by atoms with Crippen LogP contribution in [0.4, 0.5) is 11.4 Å². The van der Waals surface area contributed by atoms with Crippen LogP contribution >= 0.6 is 0 Å². The molecule has 1 aliphatic heterocycles. The van der Waals surface area contributed by atoms with E-state index < -0.39 is 5.79 Å². The fourth-order valence-electron chi connectivity index (χ4n) is 3.82. The SMILES string of the molecule is O=C(Nc1ccc2c(c1)OC1(CCCC1)O2)c1cccc(NC(=O)C2CC2)c1. The zero-order chi connectivity index (χ0) is 19.1. The summed E-state index contributed by atoms with van der Waals surface area (Å²) in [4.78, 5) is 24.6. The van der Waals surface area contributed by atoms with Gasteiger partial charge in [0.2, 0.25) is 5.91 Å². The van der Waals surface area contributed by atoms with E-state index >= 15 is 0 Å². The molecule has 1 spiro atoms. The smallest absolute Gasteiger partial charge is 0.255 e. The molecule has 0 aromatic heterocycles. The molecule has 2 amide bonds. The van der Waals surface area contributed by atoms with Crippen molar-refractivity contribution >= 4 is 23.2 Å². The molecule has 5 rings (SSSR count). The van der Waals surface area contributed by atoms with Gasteiger partial charge in [0.05, 0.1) is 0 Å². The van der Waals surface area contributed by atoms with Crippen molar-refractivity contribution in [2.75, 3.05) is 10.6 Å². The minimum Gasteiger partial charge on any atom is -0.448 e. The Morgan fingerprint density at radius 1 is 0.893 bits per heavy atom. The maximum Gasteiger partial charge on any atom is 0.255 e. The van der Waals surface area contributed by atoms with Gasteiger partial charge in [-0.3, -0.25) is 9.59 Å². The molecule has 2 fully saturated rings. The normalized spacial score (nSPS) is 18.9. The van der Waals surface area contributed by atoms with E-state index in [0.29, 0.717) is 22.7 Å². The van der Waals surface area contributed by atoms with Crippen LogP contribution in [0.15, 0.2) is 42.5 Å². The summed E-state index contributed by atoms with van der Waals surface area (Å²) in [6.07, 6.45) is 5.87. The van der Waals surface area contributed by atoms with Gasteiger partial charge in [-0.25, -0.2) is 0 Å². The fourth-order valence-corrected chi connectivity index (χ4v) is 3.82. The third-order valence-electron chi connectivity index (χ3n) is 5.50. The van der Waals surface area contributed by atoms with Gasteiger partial charge in [0.25, 0.3) is 11.7 Å². The molecule has 0 radical (unpaired) electrons. The average Bonchev–Trinajstić information content (AvgIpc) is 3.36. The van der Waals surface area contributed by atoms with Crippen molar-refractivity contribution < 1.29 is 19.1 Å². The van der Waals surface area contributed by atoms with Gasteiger partial charge in [-0.05, 0) is 56.0 Å². The third kappa shape index (κ3) is 3.30. The highest BCUT2D eigenvalue weighted by molar-refractivity contribution is 6.05. The summed E-state index contributed by atoms with van der Waals surface area (Å²) in [6, 6.07) is 12.4. The van der Waals surface area contributed by atoms with Gasteiger partial charge in [0.15, 0.2) is 11.5 Å². The molecular formula is C22H22N2O4. The van der Waals surface area contributed by atoms with Crippen LogP contribution in [-0.2, 0) is 4.79 Å². The standard InChI is InChI=1S/C22H22N2O4/c25-20(14-6-7-14)23-16-5-3-4-15(12-16)21(26)24-17-8-9-18-19(13-17)28-22(27-18)10-1-2-11-22/h3-5,8-9,12-14H,1-2,6-7,10-11H2,(H,23,25)(H,24,26). The highest BCUT2D eigenvalue weighted by atomic mass is 16.7. The maximum atomic E-state index is 12.7. The highest BCUT2D eigenvalue weighted by Crippen LogP contribution is 2.47. The largest absolute Gasteiger partial charge is 0.448 e. The molecule has 144 valence electrons. The Labute approximate surface area is 163 Å². The summed E-state index contributed by atoms with van der Waals surface area (Å²) in [5, 5.41) is 5.76. The number of hydrogen-bond acceptors (Lipinski definition) is 4. The van der Waals surface area contributed by atoms with Crippen molar-refractivity contribution in [3.8, 4) is 11.5 Å². The van der Waals surface area contributed by atoms with Crippen molar-refractivity contribution in [3.05, 3.63) is 48.0 Å². The van der Waals surface area contributed by atoms with Crippen LogP contribution in [0.5, 0.6) is 11.5 Å². The first-order valence-electron chi connectivity index (χ1n) is 9.85. The average molecular weight is 378 g/mol. The van der Waals surface area contributed by atoms with Gasteiger partial charge >= 0.3 is 0 Å². The Kier molecular flexibility index (Phi) is 4.00. The monoisotopic (exact) mass is 378 g/mol. The molecule has 1 heterocycles. The lowest BCUT2D eigenvalue weighted by Crippen LogP contribution is -2.34. The molecule has 2 saturated carbocycles. The molecule has 2 N–H and O–H groups in total. The lowest BCUT2D eigenvalue weighted by molar-refractivity contribution is -0.117. The van der Waals surface area contributed by atoms with E-state index in [1.807, 2.05) is 12.1 Å². The van der Waals surface area contributed by atoms with Crippen LogP contribution in [0.1, 0.15) is 48.9 Å². The highest BCUT2D eigenvalue weighted by Gasteiger charge is 2.44. The minimum absolute atomic E-state index is 0.0224. The predicted molar refractivity (Wildman–Crippen MR) is 105 cm³/mol. The molecule has 6 nitrogen and oxygen atoms in total. The number of rotatable bonds is 4. The number of fused-ring (bicyclic) bond motifs is 1. The maximum absolute atomic E-state index is 12.7. The van der Waals surface area contributed by atoms with Gasteiger partial charge in [0, 0.05) is 41.8 Å². The second-order valence-corrected chi connectivity index (χ2v) is 7.78. The Hall–Kier alpha value is -3.02. The van der Waals surface area contributed by atoms with Crippen molar-refractivity contribution in [2.24, 2.45) is 5.92 Å². The van der Waals surface area contributed by atoms with Gasteiger partial charge in [0.1, 0.15) is 0 Å². The Morgan fingerprint density at radius 3 is 2.43 bits per heavy atom. The van der Waals surface area contributed by atoms with E-state index in [1.54, 1.807) is 30.3 Å². The van der Waals surface area contributed by atoms with Crippen LogP contribution in [0.25, 0.3) is 0 Å². The Balaban J connectivity index is 1.28. The van der Waals surface area contributed by atoms with Crippen molar-refractivity contribution in [1.29, 1.82) is 0 Å². The van der Waals surface area contributed by atoms with Crippen LogP contribution in [-0.4, -0.2) is 17.6 Å². The van der Waals surface area contributed by atoms with E-state index in [2.05, 4.69) is 10.6 Å². The summed E-state index contributed by atoms with van der Waals surface area (Å²) >= 11 is 0. The summed E-state index contributed by atoms with van der Waals surface area (Å²) in [6.45, 7) is 0. The van der Waals surface area contributed by atoms with Crippen LogP contribution in [0, 0.1) is 5.92 Å². The lowest BCUT2D eigenvalue weighted by atomic mass is 10.1. The molecule has 2 aromatic carbocycles. The third-order valence-corrected chi connectivity index (χ3v) is 5.50. The minimum atomic E-state index is -0.515. The van der Waals surface area contributed by atoms with E-state index in [-0.39, 0.29) is 17.7 Å². The molecular weight excluding hydrogens is 356 g/mol. The number of amides is 2. The van der Waals surface area contributed by atoms with Crippen LogP contribution < -0.4 is 20.1 Å². The quantitative estimate of drug-likeness (QED) is 0.830. The summed E-state index contributed by atoms with van der Waals surface area (Å²) in [7, 11) is 0. The Bertz CT molecular complexity index is 945. The first kappa shape index (κ1) is 17.1. The van der Waals surface area contributed by atoms with Crippen LogP contribution in [0.2, 0.25) is 0 Å². The van der Waals surface area contributed by atoms with Gasteiger partial charge in [-0.2, -0.15) is 0 Å². The van der Waals surface area contributed by atoms with Gasteiger partial charge in [-0.15, -0.1) is 0 Å². The van der Waals surface area contributed by atoms with Crippen molar-refractivity contribution in [1.82, 2.24) is 0 Å². The fraction of sp³-hybridized carbons (Fsp3) is 0.364.